The van der Waals surface area contributed by atoms with Crippen molar-refractivity contribution in [2.45, 2.75) is 12.2 Å². The van der Waals surface area contributed by atoms with Crippen LogP contribution in [-0.4, -0.2) is 18.8 Å². The highest BCUT2D eigenvalue weighted by Crippen LogP contribution is 2.28. The maximum atomic E-state index is 11.6. The normalized spacial score (nSPS) is 12.1. The van der Waals surface area contributed by atoms with Crippen LogP contribution in [0.5, 0.6) is 0 Å². The van der Waals surface area contributed by atoms with Gasteiger partial charge in [0.05, 0.1) is 6.61 Å². The summed E-state index contributed by atoms with van der Waals surface area (Å²) in [5.41, 5.74) is 7.20. The molecule has 3 nitrogen and oxygen atoms in total. The first kappa shape index (κ1) is 11.9. The van der Waals surface area contributed by atoms with Gasteiger partial charge in [0.1, 0.15) is 5.25 Å². The number of nitrogens with two attached hydrogens (primary N) is 1. The second-order valence-electron chi connectivity index (χ2n) is 3.03. The van der Waals surface area contributed by atoms with Crippen molar-refractivity contribution in [3.05, 3.63) is 29.8 Å². The number of carbonyl (C=O) groups excluding carboxylic acids is 1. The molecule has 4 heteroatoms. The van der Waals surface area contributed by atoms with Gasteiger partial charge >= 0.3 is 5.97 Å². The number of carbonyl (C=O) groups is 1. The highest BCUT2D eigenvalue weighted by molar-refractivity contribution is 7.99. The third kappa shape index (κ3) is 3.16. The molecule has 1 aromatic rings. The molecule has 0 heterocycles. The third-order valence-corrected chi connectivity index (χ3v) is 2.91. The van der Waals surface area contributed by atoms with Crippen LogP contribution in [0.15, 0.2) is 24.3 Å². The lowest BCUT2D eigenvalue weighted by atomic mass is 10.1. The van der Waals surface area contributed by atoms with Crippen molar-refractivity contribution in [1.82, 2.24) is 0 Å². The van der Waals surface area contributed by atoms with Gasteiger partial charge in [-0.1, -0.05) is 12.1 Å². The van der Waals surface area contributed by atoms with Gasteiger partial charge in [-0.15, -0.1) is 11.8 Å². The van der Waals surface area contributed by atoms with E-state index in [0.29, 0.717) is 12.3 Å². The molecular weight excluding hydrogens is 210 g/mol. The monoisotopic (exact) mass is 225 g/mol. The molecule has 0 aliphatic carbocycles. The van der Waals surface area contributed by atoms with E-state index in [4.69, 9.17) is 10.5 Å². The highest BCUT2D eigenvalue weighted by Gasteiger charge is 2.20. The quantitative estimate of drug-likeness (QED) is 0.630. The maximum Gasteiger partial charge on any atom is 0.323 e. The summed E-state index contributed by atoms with van der Waals surface area (Å²) in [4.78, 5) is 11.6. The van der Waals surface area contributed by atoms with E-state index in [1.807, 2.05) is 18.4 Å². The van der Waals surface area contributed by atoms with E-state index in [1.54, 1.807) is 19.1 Å². The maximum absolute atomic E-state index is 11.6. The molecule has 0 amide bonds. The molecule has 1 unspecified atom stereocenters. The van der Waals surface area contributed by atoms with Crippen LogP contribution in [0.2, 0.25) is 0 Å². The molecule has 0 saturated carbocycles. The number of ether oxygens (including phenoxy) is 1. The number of hydrogen-bond acceptors (Lipinski definition) is 4. The molecule has 0 aliphatic rings. The van der Waals surface area contributed by atoms with Gasteiger partial charge in [0.15, 0.2) is 0 Å². The van der Waals surface area contributed by atoms with Crippen molar-refractivity contribution >= 4 is 23.4 Å². The van der Waals surface area contributed by atoms with E-state index < -0.39 is 0 Å². The van der Waals surface area contributed by atoms with Crippen LogP contribution >= 0.6 is 11.8 Å². The Hall–Kier alpha value is -1.16. The standard InChI is InChI=1S/C11H15NO2S/c1-3-14-11(13)10(15-2)8-4-6-9(12)7-5-8/h4-7,10H,3,12H2,1-2H3. The molecule has 0 spiro atoms. The predicted molar refractivity (Wildman–Crippen MR) is 63.7 cm³/mol. The van der Waals surface area contributed by atoms with E-state index in [0.717, 1.165) is 5.56 Å². The average Bonchev–Trinajstić information content (AvgIpc) is 2.22. The minimum Gasteiger partial charge on any atom is -0.465 e. The molecule has 1 atom stereocenters. The summed E-state index contributed by atoms with van der Waals surface area (Å²) in [6, 6.07) is 7.29. The van der Waals surface area contributed by atoms with E-state index >= 15 is 0 Å². The number of nitrogen functional groups attached to an aromatic ring is 1. The molecule has 1 aromatic carbocycles. The van der Waals surface area contributed by atoms with Crippen molar-refractivity contribution in [3.63, 3.8) is 0 Å². The number of esters is 1. The first-order valence-electron chi connectivity index (χ1n) is 4.74. The summed E-state index contributed by atoms with van der Waals surface area (Å²) in [7, 11) is 0. The molecule has 1 rings (SSSR count). The fourth-order valence-electron chi connectivity index (χ4n) is 1.26. The summed E-state index contributed by atoms with van der Waals surface area (Å²) in [6.07, 6.45) is 1.89. The van der Waals surface area contributed by atoms with Gasteiger partial charge in [-0.3, -0.25) is 4.79 Å². The van der Waals surface area contributed by atoms with Crippen molar-refractivity contribution in [2.75, 3.05) is 18.6 Å². The molecule has 82 valence electrons. The zero-order chi connectivity index (χ0) is 11.3. The summed E-state index contributed by atoms with van der Waals surface area (Å²) in [5, 5.41) is -0.259. The van der Waals surface area contributed by atoms with Crippen LogP contribution in [0.3, 0.4) is 0 Å². The molecule has 0 saturated heterocycles. The zero-order valence-corrected chi connectivity index (χ0v) is 9.71. The van der Waals surface area contributed by atoms with Gasteiger partial charge in [-0.25, -0.2) is 0 Å². The number of hydrogen-bond donors (Lipinski definition) is 1. The van der Waals surface area contributed by atoms with Crippen molar-refractivity contribution in [1.29, 1.82) is 0 Å². The van der Waals surface area contributed by atoms with Crippen molar-refractivity contribution < 1.29 is 9.53 Å². The molecular formula is C11H15NO2S. The van der Waals surface area contributed by atoms with Gasteiger partial charge in [0, 0.05) is 5.69 Å². The number of benzene rings is 1. The predicted octanol–water partition coefficient (Wildman–Crippen LogP) is 2.24. The lowest BCUT2D eigenvalue weighted by Gasteiger charge is -2.13. The Balaban J connectivity index is 2.82. The van der Waals surface area contributed by atoms with Crippen LogP contribution < -0.4 is 5.73 Å². The van der Waals surface area contributed by atoms with Crippen molar-refractivity contribution in [2.24, 2.45) is 0 Å². The summed E-state index contributed by atoms with van der Waals surface area (Å²) in [5.74, 6) is -0.199. The summed E-state index contributed by atoms with van der Waals surface area (Å²) >= 11 is 1.46. The summed E-state index contributed by atoms with van der Waals surface area (Å²) in [6.45, 7) is 2.21. The largest absolute Gasteiger partial charge is 0.465 e. The van der Waals surface area contributed by atoms with E-state index in [-0.39, 0.29) is 11.2 Å². The fourth-order valence-corrected chi connectivity index (χ4v) is 1.95. The molecule has 0 fully saturated rings. The topological polar surface area (TPSA) is 52.3 Å². The Bertz CT molecular complexity index is 324. The lowest BCUT2D eigenvalue weighted by molar-refractivity contribution is -0.142. The first-order chi connectivity index (χ1) is 7.19. The average molecular weight is 225 g/mol. The molecule has 0 radical (unpaired) electrons. The molecule has 0 aliphatic heterocycles. The fraction of sp³-hybridized carbons (Fsp3) is 0.364. The number of thioether (sulfide) groups is 1. The van der Waals surface area contributed by atoms with Gasteiger partial charge < -0.3 is 10.5 Å². The van der Waals surface area contributed by atoms with E-state index in [1.165, 1.54) is 11.8 Å². The first-order valence-corrected chi connectivity index (χ1v) is 6.02. The van der Waals surface area contributed by atoms with E-state index in [9.17, 15) is 4.79 Å². The minimum absolute atomic E-state index is 0.199. The Morgan fingerprint density at radius 2 is 2.07 bits per heavy atom. The number of anilines is 1. The Morgan fingerprint density at radius 1 is 1.47 bits per heavy atom. The Morgan fingerprint density at radius 3 is 2.53 bits per heavy atom. The van der Waals surface area contributed by atoms with Crippen LogP contribution in [-0.2, 0) is 9.53 Å². The van der Waals surface area contributed by atoms with Crippen LogP contribution in [0.1, 0.15) is 17.7 Å². The van der Waals surface area contributed by atoms with Crippen LogP contribution in [0.4, 0.5) is 5.69 Å². The van der Waals surface area contributed by atoms with Gasteiger partial charge in [-0.05, 0) is 30.9 Å². The molecule has 0 bridgehead atoms. The Labute approximate surface area is 94.0 Å². The molecule has 2 N–H and O–H groups in total. The zero-order valence-electron chi connectivity index (χ0n) is 8.90. The molecule has 0 aromatic heterocycles. The van der Waals surface area contributed by atoms with Crippen LogP contribution in [0.25, 0.3) is 0 Å². The van der Waals surface area contributed by atoms with Gasteiger partial charge in [0.25, 0.3) is 0 Å². The minimum atomic E-state index is -0.259. The smallest absolute Gasteiger partial charge is 0.323 e. The second-order valence-corrected chi connectivity index (χ2v) is 3.98. The second kappa shape index (κ2) is 5.66. The van der Waals surface area contributed by atoms with Gasteiger partial charge in [0.2, 0.25) is 0 Å². The highest BCUT2D eigenvalue weighted by atomic mass is 32.2. The summed E-state index contributed by atoms with van der Waals surface area (Å²) < 4.78 is 4.99. The Kier molecular flexibility index (Phi) is 4.49. The lowest BCUT2D eigenvalue weighted by Crippen LogP contribution is -2.12. The molecule has 15 heavy (non-hydrogen) atoms. The van der Waals surface area contributed by atoms with E-state index in [2.05, 4.69) is 0 Å². The number of rotatable bonds is 4. The third-order valence-electron chi connectivity index (χ3n) is 1.98. The SMILES string of the molecule is CCOC(=O)C(SC)c1ccc(N)cc1. The van der Waals surface area contributed by atoms with Gasteiger partial charge in [-0.2, -0.15) is 0 Å². The van der Waals surface area contributed by atoms with Crippen molar-refractivity contribution in [3.8, 4) is 0 Å². The van der Waals surface area contributed by atoms with Crippen LogP contribution in [0, 0.1) is 0 Å².